The largest absolute Gasteiger partial charge is 0.396 e. The first-order valence-corrected chi connectivity index (χ1v) is 6.65. The summed E-state index contributed by atoms with van der Waals surface area (Å²) in [6.45, 7) is 0.0643. The van der Waals surface area contributed by atoms with Crippen molar-refractivity contribution in [2.24, 2.45) is 5.14 Å². The molecule has 0 spiro atoms. The number of para-hydroxylation sites is 1. The smallest absolute Gasteiger partial charge is 0.240 e. The van der Waals surface area contributed by atoms with Gasteiger partial charge in [-0.25, -0.2) is 13.6 Å². The molecule has 0 aliphatic carbocycles. The predicted molar refractivity (Wildman–Crippen MR) is 69.6 cm³/mol. The van der Waals surface area contributed by atoms with Crippen molar-refractivity contribution in [1.82, 2.24) is 5.32 Å². The van der Waals surface area contributed by atoms with Crippen LogP contribution in [0, 0.1) is 0 Å². The lowest BCUT2D eigenvalue weighted by Crippen LogP contribution is -2.33. The topological polar surface area (TPSA) is 119 Å². The molecule has 0 bridgehead atoms. The Morgan fingerprint density at radius 2 is 2.06 bits per heavy atom. The first kappa shape index (κ1) is 14.3. The third-order valence-electron chi connectivity index (χ3n) is 2.42. The van der Waals surface area contributed by atoms with Crippen LogP contribution in [0.4, 0.5) is 11.4 Å². The molecule has 1 aromatic carbocycles. The number of sulfonamides is 1. The Kier molecular flexibility index (Phi) is 4.15. The van der Waals surface area contributed by atoms with Crippen molar-refractivity contribution >= 4 is 27.3 Å². The van der Waals surface area contributed by atoms with E-state index in [0.717, 1.165) is 0 Å². The van der Waals surface area contributed by atoms with E-state index < -0.39 is 10.0 Å². The number of carbonyl (C=O) groups is 1. The highest BCUT2D eigenvalue weighted by molar-refractivity contribution is 7.89. The molecule has 0 aromatic heterocycles. The number of hydrogen-bond acceptors (Lipinski definition) is 5. The van der Waals surface area contributed by atoms with E-state index in [9.17, 15) is 13.2 Å². The Morgan fingerprint density at radius 3 is 2.56 bits per heavy atom. The number of rotatable bonds is 4. The molecule has 0 heterocycles. The average molecular weight is 272 g/mol. The summed E-state index contributed by atoms with van der Waals surface area (Å²) in [4.78, 5) is 12.6. The molecular weight excluding hydrogens is 256 g/mol. The molecule has 0 saturated heterocycles. The lowest BCUT2D eigenvalue weighted by molar-refractivity contribution is -0.119. The van der Waals surface area contributed by atoms with Gasteiger partial charge in [0.25, 0.3) is 0 Å². The van der Waals surface area contributed by atoms with E-state index in [1.165, 1.54) is 19.2 Å². The van der Waals surface area contributed by atoms with Gasteiger partial charge in [0.15, 0.2) is 0 Å². The van der Waals surface area contributed by atoms with E-state index in [-0.39, 0.29) is 23.0 Å². The van der Waals surface area contributed by atoms with Crippen molar-refractivity contribution in [1.29, 1.82) is 0 Å². The fourth-order valence-corrected chi connectivity index (χ4v) is 2.17. The standard InChI is InChI=1S/C10H16N4O3S/c1-13-9(15)6-14(2)7-4-3-5-8(10(7)11)18(12,16)17/h3-5H,6,11H2,1-2H3,(H,13,15)(H2,12,16,17). The van der Waals surface area contributed by atoms with E-state index in [0.29, 0.717) is 5.69 Å². The van der Waals surface area contributed by atoms with E-state index in [1.807, 2.05) is 0 Å². The molecule has 0 fully saturated rings. The van der Waals surface area contributed by atoms with Gasteiger partial charge in [-0.3, -0.25) is 4.79 Å². The van der Waals surface area contributed by atoms with Crippen LogP contribution in [-0.2, 0) is 14.8 Å². The molecule has 0 aliphatic rings. The first-order valence-electron chi connectivity index (χ1n) is 5.10. The zero-order chi connectivity index (χ0) is 13.9. The number of nitrogens with one attached hydrogen (secondary N) is 1. The van der Waals surface area contributed by atoms with Gasteiger partial charge in [-0.2, -0.15) is 0 Å². The Hall–Kier alpha value is -1.80. The molecule has 100 valence electrons. The van der Waals surface area contributed by atoms with Gasteiger partial charge >= 0.3 is 0 Å². The number of hydrogen-bond donors (Lipinski definition) is 3. The molecular formula is C10H16N4O3S. The van der Waals surface area contributed by atoms with Crippen molar-refractivity contribution in [2.45, 2.75) is 4.90 Å². The highest BCUT2D eigenvalue weighted by Gasteiger charge is 2.17. The highest BCUT2D eigenvalue weighted by atomic mass is 32.2. The molecule has 0 saturated carbocycles. The third-order valence-corrected chi connectivity index (χ3v) is 3.39. The van der Waals surface area contributed by atoms with Gasteiger partial charge < -0.3 is 16.0 Å². The van der Waals surface area contributed by atoms with Gasteiger partial charge in [0, 0.05) is 14.1 Å². The molecule has 0 atom stereocenters. The maximum Gasteiger partial charge on any atom is 0.240 e. The van der Waals surface area contributed by atoms with Gasteiger partial charge in [-0.1, -0.05) is 6.07 Å². The van der Waals surface area contributed by atoms with E-state index >= 15 is 0 Å². The molecule has 0 radical (unpaired) electrons. The van der Waals surface area contributed by atoms with Crippen LogP contribution in [0.2, 0.25) is 0 Å². The van der Waals surface area contributed by atoms with Crippen LogP contribution in [0.25, 0.3) is 0 Å². The second-order valence-corrected chi connectivity index (χ2v) is 5.29. The number of likely N-dealkylation sites (N-methyl/N-ethyl adjacent to an activating group) is 2. The van der Waals surface area contributed by atoms with Crippen molar-refractivity contribution in [3.8, 4) is 0 Å². The SMILES string of the molecule is CNC(=O)CN(C)c1cccc(S(N)(=O)=O)c1N. The average Bonchev–Trinajstić information content (AvgIpc) is 2.27. The normalized spacial score (nSPS) is 11.1. The molecule has 1 aromatic rings. The summed E-state index contributed by atoms with van der Waals surface area (Å²) in [6.07, 6.45) is 0. The lowest BCUT2D eigenvalue weighted by atomic mass is 10.2. The molecule has 1 amide bonds. The third kappa shape index (κ3) is 3.11. The van der Waals surface area contributed by atoms with Crippen molar-refractivity contribution < 1.29 is 13.2 Å². The summed E-state index contributed by atoms with van der Waals surface area (Å²) in [5, 5.41) is 7.51. The fraction of sp³-hybridized carbons (Fsp3) is 0.300. The summed E-state index contributed by atoms with van der Waals surface area (Å²) in [7, 11) is -0.729. The number of anilines is 2. The highest BCUT2D eigenvalue weighted by Crippen LogP contribution is 2.28. The Balaban J connectivity index is 3.15. The number of nitrogens with zero attached hydrogens (tertiary/aromatic N) is 1. The summed E-state index contributed by atoms with van der Waals surface area (Å²) >= 11 is 0. The maximum absolute atomic E-state index is 11.3. The fourth-order valence-electron chi connectivity index (χ4n) is 1.49. The van der Waals surface area contributed by atoms with E-state index in [1.54, 1.807) is 18.0 Å². The molecule has 0 aliphatic heterocycles. The van der Waals surface area contributed by atoms with Crippen LogP contribution < -0.4 is 21.1 Å². The number of benzene rings is 1. The monoisotopic (exact) mass is 272 g/mol. The van der Waals surface area contributed by atoms with Crippen LogP contribution in [-0.4, -0.2) is 35.0 Å². The Morgan fingerprint density at radius 1 is 1.44 bits per heavy atom. The Labute approximate surface area is 106 Å². The van der Waals surface area contributed by atoms with Crippen LogP contribution in [0.3, 0.4) is 0 Å². The Bertz CT molecular complexity index is 556. The number of nitrogens with two attached hydrogens (primary N) is 2. The van der Waals surface area contributed by atoms with Gasteiger partial charge in [0.05, 0.1) is 17.9 Å². The second-order valence-electron chi connectivity index (χ2n) is 3.76. The van der Waals surface area contributed by atoms with Crippen molar-refractivity contribution in [3.63, 3.8) is 0 Å². The predicted octanol–water partition coefficient (Wildman–Crippen LogP) is -0.902. The van der Waals surface area contributed by atoms with Gasteiger partial charge in [0.2, 0.25) is 15.9 Å². The summed E-state index contributed by atoms with van der Waals surface area (Å²) in [5.41, 5.74) is 6.22. The molecule has 7 nitrogen and oxygen atoms in total. The summed E-state index contributed by atoms with van der Waals surface area (Å²) in [5.74, 6) is -0.210. The lowest BCUT2D eigenvalue weighted by Gasteiger charge is -2.21. The van der Waals surface area contributed by atoms with Gasteiger partial charge in [-0.15, -0.1) is 0 Å². The van der Waals surface area contributed by atoms with Crippen LogP contribution in [0.5, 0.6) is 0 Å². The quantitative estimate of drug-likeness (QED) is 0.614. The van der Waals surface area contributed by atoms with Gasteiger partial charge in [0.1, 0.15) is 4.90 Å². The molecule has 8 heteroatoms. The van der Waals surface area contributed by atoms with Crippen molar-refractivity contribution in [2.75, 3.05) is 31.3 Å². The van der Waals surface area contributed by atoms with Crippen LogP contribution >= 0.6 is 0 Å². The van der Waals surface area contributed by atoms with E-state index in [2.05, 4.69) is 5.32 Å². The van der Waals surface area contributed by atoms with Crippen molar-refractivity contribution in [3.05, 3.63) is 18.2 Å². The van der Waals surface area contributed by atoms with E-state index in [4.69, 9.17) is 10.9 Å². The minimum atomic E-state index is -3.88. The first-order chi connectivity index (χ1) is 8.27. The molecule has 1 rings (SSSR count). The molecule has 5 N–H and O–H groups in total. The zero-order valence-electron chi connectivity index (χ0n) is 10.2. The van der Waals surface area contributed by atoms with Crippen LogP contribution in [0.15, 0.2) is 23.1 Å². The molecule has 0 unspecified atom stereocenters. The number of carbonyl (C=O) groups excluding carboxylic acids is 1. The zero-order valence-corrected chi connectivity index (χ0v) is 11.0. The minimum absolute atomic E-state index is 0.0337. The number of amides is 1. The minimum Gasteiger partial charge on any atom is -0.396 e. The summed E-state index contributed by atoms with van der Waals surface area (Å²) in [6, 6.07) is 4.46. The summed E-state index contributed by atoms with van der Waals surface area (Å²) < 4.78 is 22.6. The maximum atomic E-state index is 11.3. The number of primary sulfonamides is 1. The molecule has 18 heavy (non-hydrogen) atoms. The van der Waals surface area contributed by atoms with Gasteiger partial charge in [-0.05, 0) is 12.1 Å². The van der Waals surface area contributed by atoms with Crippen LogP contribution in [0.1, 0.15) is 0 Å². The second kappa shape index (κ2) is 5.23. The number of nitrogen functional groups attached to an aromatic ring is 1.